The second kappa shape index (κ2) is 4.53. The van der Waals surface area contributed by atoms with Crippen LogP contribution in [-0.4, -0.2) is 33.3 Å². The van der Waals surface area contributed by atoms with Crippen molar-refractivity contribution in [2.24, 2.45) is 7.05 Å². The minimum absolute atomic E-state index is 0.471. The van der Waals surface area contributed by atoms with Crippen LogP contribution < -0.4 is 0 Å². The Morgan fingerprint density at radius 3 is 2.78 bits per heavy atom. The highest BCUT2D eigenvalue weighted by atomic mass is 15.3. The van der Waals surface area contributed by atoms with Gasteiger partial charge in [-0.3, -0.25) is 9.58 Å². The van der Waals surface area contributed by atoms with Gasteiger partial charge in [0, 0.05) is 13.2 Å². The molecule has 0 aliphatic carbocycles. The molecule has 0 aromatic carbocycles. The van der Waals surface area contributed by atoms with Crippen molar-refractivity contribution >= 4 is 0 Å². The summed E-state index contributed by atoms with van der Waals surface area (Å²) in [6.07, 6.45) is 4.28. The lowest BCUT2D eigenvalue weighted by atomic mass is 10.1. The van der Waals surface area contributed by atoms with Gasteiger partial charge in [-0.25, -0.2) is 4.98 Å². The van der Waals surface area contributed by atoms with E-state index >= 15 is 0 Å². The number of aromatic nitrogens is 3. The van der Waals surface area contributed by atoms with Gasteiger partial charge in [0.15, 0.2) is 0 Å². The SMILES string of the molecule is CN1CCC[C@H]1c1cccc(-c2ccnn2C)n1. The molecule has 18 heavy (non-hydrogen) atoms. The lowest BCUT2D eigenvalue weighted by molar-refractivity contribution is 0.312. The molecule has 1 aliphatic rings. The molecule has 1 saturated heterocycles. The van der Waals surface area contributed by atoms with Gasteiger partial charge in [0.1, 0.15) is 0 Å². The largest absolute Gasteiger partial charge is 0.298 e. The molecular weight excluding hydrogens is 224 g/mol. The zero-order valence-electron chi connectivity index (χ0n) is 10.9. The fourth-order valence-electron chi connectivity index (χ4n) is 2.69. The Morgan fingerprint density at radius 1 is 1.22 bits per heavy atom. The Bertz CT molecular complexity index is 546. The van der Waals surface area contributed by atoms with Crippen LogP contribution in [-0.2, 0) is 7.05 Å². The third kappa shape index (κ3) is 1.93. The lowest BCUT2D eigenvalue weighted by Gasteiger charge is -2.19. The Morgan fingerprint density at radius 2 is 2.11 bits per heavy atom. The number of pyridine rings is 1. The summed E-state index contributed by atoms with van der Waals surface area (Å²) in [4.78, 5) is 7.19. The van der Waals surface area contributed by atoms with Gasteiger partial charge in [0.05, 0.1) is 23.1 Å². The zero-order valence-corrected chi connectivity index (χ0v) is 10.9. The quantitative estimate of drug-likeness (QED) is 0.810. The Balaban J connectivity index is 1.97. The molecule has 0 bridgehead atoms. The smallest absolute Gasteiger partial charge is 0.0886 e. The van der Waals surface area contributed by atoms with Crippen molar-refractivity contribution in [3.63, 3.8) is 0 Å². The van der Waals surface area contributed by atoms with Crippen LogP contribution in [0.3, 0.4) is 0 Å². The van der Waals surface area contributed by atoms with E-state index in [-0.39, 0.29) is 0 Å². The summed E-state index contributed by atoms with van der Waals surface area (Å²) in [5, 5.41) is 4.20. The number of nitrogens with zero attached hydrogens (tertiary/aromatic N) is 4. The van der Waals surface area contributed by atoms with Crippen LogP contribution >= 0.6 is 0 Å². The van der Waals surface area contributed by atoms with E-state index < -0.39 is 0 Å². The first kappa shape index (κ1) is 11.4. The summed E-state index contributed by atoms with van der Waals surface area (Å²) >= 11 is 0. The second-order valence-electron chi connectivity index (χ2n) is 4.93. The molecule has 0 radical (unpaired) electrons. The molecule has 1 aliphatic heterocycles. The molecule has 0 spiro atoms. The van der Waals surface area contributed by atoms with Gasteiger partial charge in [-0.05, 0) is 44.6 Å². The fourth-order valence-corrected chi connectivity index (χ4v) is 2.69. The summed E-state index contributed by atoms with van der Waals surface area (Å²) < 4.78 is 1.87. The summed E-state index contributed by atoms with van der Waals surface area (Å²) in [5.74, 6) is 0. The van der Waals surface area contributed by atoms with Crippen molar-refractivity contribution in [2.45, 2.75) is 18.9 Å². The van der Waals surface area contributed by atoms with Gasteiger partial charge in [0.25, 0.3) is 0 Å². The van der Waals surface area contributed by atoms with Gasteiger partial charge in [-0.15, -0.1) is 0 Å². The number of likely N-dealkylation sites (tertiary alicyclic amines) is 1. The van der Waals surface area contributed by atoms with Crippen LogP contribution in [0.5, 0.6) is 0 Å². The van der Waals surface area contributed by atoms with Crippen molar-refractivity contribution in [3.8, 4) is 11.4 Å². The van der Waals surface area contributed by atoms with Crippen LogP contribution in [0.25, 0.3) is 11.4 Å². The van der Waals surface area contributed by atoms with E-state index in [9.17, 15) is 0 Å². The molecule has 4 heteroatoms. The van der Waals surface area contributed by atoms with Crippen molar-refractivity contribution < 1.29 is 0 Å². The van der Waals surface area contributed by atoms with Gasteiger partial charge < -0.3 is 0 Å². The van der Waals surface area contributed by atoms with Gasteiger partial charge in [-0.2, -0.15) is 5.10 Å². The van der Waals surface area contributed by atoms with Crippen molar-refractivity contribution in [2.75, 3.05) is 13.6 Å². The first-order valence-electron chi connectivity index (χ1n) is 6.41. The van der Waals surface area contributed by atoms with Gasteiger partial charge in [0.2, 0.25) is 0 Å². The molecule has 1 atom stereocenters. The van der Waals surface area contributed by atoms with Crippen LogP contribution in [0.15, 0.2) is 30.5 Å². The maximum Gasteiger partial charge on any atom is 0.0886 e. The lowest BCUT2D eigenvalue weighted by Crippen LogP contribution is -2.18. The summed E-state index contributed by atoms with van der Waals surface area (Å²) in [6, 6.07) is 8.75. The monoisotopic (exact) mass is 242 g/mol. The van der Waals surface area contributed by atoms with Crippen molar-refractivity contribution in [1.29, 1.82) is 0 Å². The zero-order chi connectivity index (χ0) is 12.5. The minimum Gasteiger partial charge on any atom is -0.298 e. The van der Waals surface area contributed by atoms with Crippen LogP contribution in [0, 0.1) is 0 Å². The van der Waals surface area contributed by atoms with E-state index in [2.05, 4.69) is 35.2 Å². The minimum atomic E-state index is 0.471. The molecule has 0 unspecified atom stereocenters. The topological polar surface area (TPSA) is 34.0 Å². The fraction of sp³-hybridized carbons (Fsp3) is 0.429. The van der Waals surface area contributed by atoms with E-state index in [1.807, 2.05) is 24.0 Å². The van der Waals surface area contributed by atoms with E-state index in [4.69, 9.17) is 4.98 Å². The maximum absolute atomic E-state index is 4.81. The molecule has 0 N–H and O–H groups in total. The highest BCUT2D eigenvalue weighted by Crippen LogP contribution is 2.30. The Hall–Kier alpha value is -1.68. The molecule has 2 aromatic rings. The second-order valence-corrected chi connectivity index (χ2v) is 4.93. The van der Waals surface area contributed by atoms with E-state index in [1.54, 1.807) is 0 Å². The van der Waals surface area contributed by atoms with Crippen LogP contribution in [0.1, 0.15) is 24.6 Å². The molecular formula is C14H18N4. The summed E-state index contributed by atoms with van der Waals surface area (Å²) in [5.41, 5.74) is 3.25. The molecule has 2 aromatic heterocycles. The third-order valence-electron chi connectivity index (χ3n) is 3.72. The molecule has 94 valence electrons. The predicted octanol–water partition coefficient (Wildman–Crippen LogP) is 2.25. The number of rotatable bonds is 2. The van der Waals surface area contributed by atoms with Gasteiger partial charge in [-0.1, -0.05) is 6.07 Å². The van der Waals surface area contributed by atoms with Crippen molar-refractivity contribution in [3.05, 3.63) is 36.2 Å². The summed E-state index contributed by atoms with van der Waals surface area (Å²) in [7, 11) is 4.13. The summed E-state index contributed by atoms with van der Waals surface area (Å²) in [6.45, 7) is 1.17. The van der Waals surface area contributed by atoms with Crippen LogP contribution in [0.2, 0.25) is 0 Å². The van der Waals surface area contributed by atoms with E-state index in [1.165, 1.54) is 25.1 Å². The Kier molecular flexibility index (Phi) is 2.88. The van der Waals surface area contributed by atoms with Crippen molar-refractivity contribution in [1.82, 2.24) is 19.7 Å². The normalized spacial score (nSPS) is 20.4. The molecule has 0 saturated carbocycles. The number of aryl methyl sites for hydroxylation is 1. The average Bonchev–Trinajstić information content (AvgIpc) is 2.98. The molecule has 1 fully saturated rings. The molecule has 4 nitrogen and oxygen atoms in total. The standard InChI is InChI=1S/C14H18N4/c1-17-10-4-7-13(17)11-5-3-6-12(16-11)14-8-9-15-18(14)2/h3,5-6,8-9,13H,4,7,10H2,1-2H3/t13-/m0/s1. The Labute approximate surface area is 107 Å². The number of hydrogen-bond acceptors (Lipinski definition) is 3. The predicted molar refractivity (Wildman–Crippen MR) is 71.0 cm³/mol. The first-order valence-corrected chi connectivity index (χ1v) is 6.41. The number of hydrogen-bond donors (Lipinski definition) is 0. The first-order chi connectivity index (χ1) is 8.75. The van der Waals surface area contributed by atoms with Gasteiger partial charge >= 0.3 is 0 Å². The van der Waals surface area contributed by atoms with E-state index in [0.717, 1.165) is 11.4 Å². The molecule has 3 rings (SSSR count). The van der Waals surface area contributed by atoms with E-state index in [0.29, 0.717) is 6.04 Å². The average molecular weight is 242 g/mol. The highest BCUT2D eigenvalue weighted by molar-refractivity contribution is 5.54. The molecule has 0 amide bonds. The third-order valence-corrected chi connectivity index (χ3v) is 3.72. The van der Waals surface area contributed by atoms with Crippen LogP contribution in [0.4, 0.5) is 0 Å². The molecule has 3 heterocycles. The highest BCUT2D eigenvalue weighted by Gasteiger charge is 2.23. The maximum atomic E-state index is 4.81.